The van der Waals surface area contributed by atoms with Gasteiger partial charge in [-0.2, -0.15) is 10.2 Å². The van der Waals surface area contributed by atoms with Crippen LogP contribution in [0.2, 0.25) is 0 Å². The minimum absolute atomic E-state index is 0.339. The first kappa shape index (κ1) is 18.8. The van der Waals surface area contributed by atoms with Crippen molar-refractivity contribution in [1.82, 2.24) is 20.1 Å². The molecule has 0 radical (unpaired) electrons. The molecule has 1 fully saturated rings. The lowest BCUT2D eigenvalue weighted by molar-refractivity contribution is -0.130. The van der Waals surface area contributed by atoms with E-state index in [0.717, 1.165) is 27.5 Å². The molecule has 1 aromatic heterocycles. The molecule has 27 heavy (non-hydrogen) atoms. The molecule has 3 amide bonds. The molecule has 0 aliphatic carbocycles. The fourth-order valence-corrected chi connectivity index (χ4v) is 3.05. The quantitative estimate of drug-likeness (QED) is 0.652. The molecule has 2 heterocycles. The van der Waals surface area contributed by atoms with Crippen LogP contribution in [0.3, 0.4) is 0 Å². The van der Waals surface area contributed by atoms with Crippen LogP contribution in [-0.2, 0) is 11.3 Å². The monoisotopic (exact) mass is 367 g/mol. The molecular formula is C20H25N5O2. The van der Waals surface area contributed by atoms with Crippen molar-refractivity contribution in [2.45, 2.75) is 53.1 Å². The van der Waals surface area contributed by atoms with Crippen LogP contribution in [-0.4, -0.2) is 38.5 Å². The van der Waals surface area contributed by atoms with E-state index in [0.29, 0.717) is 13.0 Å². The number of hydrogen-bond donors (Lipinski definition) is 1. The number of aromatic nitrogens is 2. The normalized spacial score (nSPS) is 20.0. The number of urea groups is 1. The van der Waals surface area contributed by atoms with Gasteiger partial charge < -0.3 is 5.32 Å². The second-order valence-electron chi connectivity index (χ2n) is 7.21. The van der Waals surface area contributed by atoms with E-state index >= 15 is 0 Å². The number of hydrazone groups is 1. The SMILES string of the molecule is CC[C@]1(C)NC(=O)N(/N=C\c2c(C)nn(Cc3ccc(C)cc3)c2C)C1=O. The summed E-state index contributed by atoms with van der Waals surface area (Å²) < 4.78 is 1.91. The lowest BCUT2D eigenvalue weighted by Gasteiger charge is -2.17. The molecule has 1 aromatic carbocycles. The number of amides is 3. The summed E-state index contributed by atoms with van der Waals surface area (Å²) in [6.45, 7) is 10.1. The number of carbonyl (C=O) groups is 2. The number of rotatable bonds is 5. The van der Waals surface area contributed by atoms with Crippen LogP contribution in [0.5, 0.6) is 0 Å². The fourth-order valence-electron chi connectivity index (χ4n) is 3.05. The highest BCUT2D eigenvalue weighted by Gasteiger charge is 2.46. The molecule has 142 valence electrons. The van der Waals surface area contributed by atoms with Crippen LogP contribution < -0.4 is 5.32 Å². The van der Waals surface area contributed by atoms with Gasteiger partial charge in [-0.1, -0.05) is 36.8 Å². The summed E-state index contributed by atoms with van der Waals surface area (Å²) in [6.07, 6.45) is 2.05. The Bertz CT molecular complexity index is 913. The molecule has 1 N–H and O–H groups in total. The van der Waals surface area contributed by atoms with Crippen LogP contribution >= 0.6 is 0 Å². The summed E-state index contributed by atoms with van der Waals surface area (Å²) in [6, 6.07) is 7.82. The van der Waals surface area contributed by atoms with Gasteiger partial charge in [0.15, 0.2) is 0 Å². The molecule has 1 atom stereocenters. The first-order valence-electron chi connectivity index (χ1n) is 9.05. The highest BCUT2D eigenvalue weighted by atomic mass is 16.2. The number of nitrogens with one attached hydrogen (secondary N) is 1. The number of nitrogens with zero attached hydrogens (tertiary/aromatic N) is 4. The van der Waals surface area contributed by atoms with Gasteiger partial charge in [-0.25, -0.2) is 4.79 Å². The van der Waals surface area contributed by atoms with Gasteiger partial charge in [-0.3, -0.25) is 9.48 Å². The predicted molar refractivity (Wildman–Crippen MR) is 104 cm³/mol. The highest BCUT2D eigenvalue weighted by molar-refractivity contribution is 6.07. The van der Waals surface area contributed by atoms with E-state index < -0.39 is 11.6 Å². The third-order valence-electron chi connectivity index (χ3n) is 5.14. The summed E-state index contributed by atoms with van der Waals surface area (Å²) in [5.74, 6) is -0.339. The van der Waals surface area contributed by atoms with Crippen LogP contribution in [0.1, 0.15) is 48.3 Å². The van der Waals surface area contributed by atoms with Gasteiger partial charge in [0.2, 0.25) is 0 Å². The molecule has 0 spiro atoms. The van der Waals surface area contributed by atoms with E-state index in [1.807, 2.05) is 25.5 Å². The van der Waals surface area contributed by atoms with Crippen molar-refractivity contribution in [2.75, 3.05) is 0 Å². The van der Waals surface area contributed by atoms with Crippen molar-refractivity contribution in [2.24, 2.45) is 5.10 Å². The number of benzene rings is 1. The van der Waals surface area contributed by atoms with Crippen molar-refractivity contribution in [3.63, 3.8) is 0 Å². The van der Waals surface area contributed by atoms with Gasteiger partial charge >= 0.3 is 6.03 Å². The molecule has 7 nitrogen and oxygen atoms in total. The number of aryl methyl sites for hydroxylation is 2. The second kappa shape index (κ2) is 6.98. The molecule has 0 bridgehead atoms. The van der Waals surface area contributed by atoms with Crippen LogP contribution in [0.4, 0.5) is 4.79 Å². The average Bonchev–Trinajstić information content (AvgIpc) is 3.02. The maximum atomic E-state index is 12.4. The maximum absolute atomic E-state index is 12.4. The lowest BCUT2D eigenvalue weighted by Crippen LogP contribution is -2.42. The Hall–Kier alpha value is -2.96. The summed E-state index contributed by atoms with van der Waals surface area (Å²) >= 11 is 0. The highest BCUT2D eigenvalue weighted by Crippen LogP contribution is 2.21. The van der Waals surface area contributed by atoms with Crippen molar-refractivity contribution in [3.05, 3.63) is 52.3 Å². The molecular weight excluding hydrogens is 342 g/mol. The summed E-state index contributed by atoms with van der Waals surface area (Å²) in [5.41, 5.74) is 4.02. The van der Waals surface area contributed by atoms with Gasteiger partial charge in [-0.15, -0.1) is 5.01 Å². The zero-order valence-electron chi connectivity index (χ0n) is 16.4. The third kappa shape index (κ3) is 3.49. The van der Waals surface area contributed by atoms with E-state index in [1.165, 1.54) is 5.56 Å². The van der Waals surface area contributed by atoms with Crippen molar-refractivity contribution < 1.29 is 9.59 Å². The first-order valence-corrected chi connectivity index (χ1v) is 9.05. The van der Waals surface area contributed by atoms with Gasteiger partial charge in [0.1, 0.15) is 5.54 Å². The Kier molecular flexibility index (Phi) is 4.87. The minimum atomic E-state index is -0.895. The molecule has 3 rings (SSSR count). The number of hydrogen-bond acceptors (Lipinski definition) is 4. The molecule has 7 heteroatoms. The van der Waals surface area contributed by atoms with Crippen LogP contribution in [0, 0.1) is 20.8 Å². The van der Waals surface area contributed by atoms with Crippen LogP contribution in [0.15, 0.2) is 29.4 Å². The predicted octanol–water partition coefficient (Wildman–Crippen LogP) is 2.91. The molecule has 0 unspecified atom stereocenters. The topological polar surface area (TPSA) is 79.6 Å². The Morgan fingerprint density at radius 3 is 2.44 bits per heavy atom. The van der Waals surface area contributed by atoms with Gasteiger partial charge in [0.05, 0.1) is 18.5 Å². The Labute approximate surface area is 159 Å². The largest absolute Gasteiger partial charge is 0.346 e. The van der Waals surface area contributed by atoms with E-state index in [2.05, 4.69) is 46.7 Å². The van der Waals surface area contributed by atoms with E-state index in [-0.39, 0.29) is 5.91 Å². The van der Waals surface area contributed by atoms with Crippen LogP contribution in [0.25, 0.3) is 0 Å². The number of imide groups is 1. The third-order valence-corrected chi connectivity index (χ3v) is 5.14. The Morgan fingerprint density at radius 2 is 1.85 bits per heavy atom. The molecule has 1 aliphatic heterocycles. The first-order chi connectivity index (χ1) is 12.7. The molecule has 0 saturated carbocycles. The van der Waals surface area contributed by atoms with Crippen molar-refractivity contribution in [1.29, 1.82) is 0 Å². The van der Waals surface area contributed by atoms with E-state index in [1.54, 1.807) is 13.1 Å². The van der Waals surface area contributed by atoms with Gasteiger partial charge in [0.25, 0.3) is 5.91 Å². The van der Waals surface area contributed by atoms with E-state index in [4.69, 9.17) is 0 Å². The summed E-state index contributed by atoms with van der Waals surface area (Å²) in [4.78, 5) is 24.5. The molecule has 1 aliphatic rings. The average molecular weight is 367 g/mol. The summed E-state index contributed by atoms with van der Waals surface area (Å²) in [7, 11) is 0. The Morgan fingerprint density at radius 1 is 1.19 bits per heavy atom. The van der Waals surface area contributed by atoms with E-state index in [9.17, 15) is 9.59 Å². The summed E-state index contributed by atoms with van der Waals surface area (Å²) in [5, 5.41) is 12.3. The van der Waals surface area contributed by atoms with Crippen molar-refractivity contribution >= 4 is 18.2 Å². The number of carbonyl (C=O) groups excluding carboxylic acids is 2. The molecule has 2 aromatic rings. The minimum Gasteiger partial charge on any atom is -0.322 e. The standard InChI is InChI=1S/C20H25N5O2/c1-6-20(5)18(26)25(19(27)22-20)21-11-17-14(3)23-24(15(17)4)12-16-9-7-13(2)8-10-16/h7-11H,6,12H2,1-5H3,(H,22,27)/b21-11-/t20-/m0/s1. The second-order valence-corrected chi connectivity index (χ2v) is 7.21. The van der Waals surface area contributed by atoms with Crippen molar-refractivity contribution in [3.8, 4) is 0 Å². The van der Waals surface area contributed by atoms with Gasteiger partial charge in [0, 0.05) is 11.3 Å². The zero-order chi connectivity index (χ0) is 19.8. The smallest absolute Gasteiger partial charge is 0.322 e. The Balaban J connectivity index is 1.83. The maximum Gasteiger partial charge on any atom is 0.346 e. The fraction of sp³-hybridized carbons (Fsp3) is 0.400. The molecule has 1 saturated heterocycles. The lowest BCUT2D eigenvalue weighted by atomic mass is 10.00. The van der Waals surface area contributed by atoms with Gasteiger partial charge in [-0.05, 0) is 39.7 Å². The zero-order valence-corrected chi connectivity index (χ0v) is 16.4.